The van der Waals surface area contributed by atoms with Crippen LogP contribution in [-0.2, 0) is 14.9 Å². The van der Waals surface area contributed by atoms with E-state index in [1.165, 1.54) is 32.4 Å². The van der Waals surface area contributed by atoms with Crippen molar-refractivity contribution >= 4 is 26.9 Å². The second kappa shape index (κ2) is 8.96. The van der Waals surface area contributed by atoms with Crippen molar-refractivity contribution in [1.82, 2.24) is 9.79 Å². The highest BCUT2D eigenvalue weighted by Crippen LogP contribution is 2.29. The molecule has 1 unspecified atom stereocenters. The van der Waals surface area contributed by atoms with E-state index in [9.17, 15) is 13.2 Å². The number of sulfonamides is 1. The summed E-state index contributed by atoms with van der Waals surface area (Å²) in [7, 11) is -1.34. The van der Waals surface area contributed by atoms with E-state index in [2.05, 4.69) is 5.32 Å². The maximum absolute atomic E-state index is 13.1. The molecule has 8 heteroatoms. The van der Waals surface area contributed by atoms with E-state index in [0.29, 0.717) is 11.3 Å². The Balaban J connectivity index is 1.69. The third-order valence-corrected chi connectivity index (χ3v) is 6.80. The average molecular weight is 451 g/mol. The molecule has 0 aliphatic rings. The minimum atomic E-state index is -3.88. The SMILES string of the molecule is CON(C)S(=O)(=O)c1cccc(C(=O)NC(c2ccccc2)c2cc3ccccc3o2)c1. The molecule has 1 amide bonds. The molecule has 0 fully saturated rings. The molecule has 1 N–H and O–H groups in total. The van der Waals surface area contributed by atoms with E-state index in [1.807, 2.05) is 60.7 Å². The minimum absolute atomic E-state index is 0.0468. The van der Waals surface area contributed by atoms with Crippen LogP contribution in [0.1, 0.15) is 27.7 Å². The zero-order valence-electron chi connectivity index (χ0n) is 17.6. The Labute approximate surface area is 186 Å². The van der Waals surface area contributed by atoms with Crippen molar-refractivity contribution in [2.45, 2.75) is 10.9 Å². The maximum atomic E-state index is 13.1. The van der Waals surface area contributed by atoms with Crippen molar-refractivity contribution in [2.24, 2.45) is 0 Å². The monoisotopic (exact) mass is 450 g/mol. The lowest BCUT2D eigenvalue weighted by molar-refractivity contribution is -0.0258. The van der Waals surface area contributed by atoms with Crippen LogP contribution in [0.2, 0.25) is 0 Å². The zero-order chi connectivity index (χ0) is 22.7. The number of hydroxylamine groups is 1. The highest BCUT2D eigenvalue weighted by atomic mass is 32.2. The van der Waals surface area contributed by atoms with Gasteiger partial charge in [0.1, 0.15) is 17.4 Å². The van der Waals surface area contributed by atoms with E-state index in [0.717, 1.165) is 15.4 Å². The number of hydrogen-bond acceptors (Lipinski definition) is 5. The Morgan fingerprint density at radius 2 is 1.69 bits per heavy atom. The summed E-state index contributed by atoms with van der Waals surface area (Å²) in [4.78, 5) is 17.9. The van der Waals surface area contributed by atoms with Crippen molar-refractivity contribution in [3.63, 3.8) is 0 Å². The molecule has 0 spiro atoms. The highest BCUT2D eigenvalue weighted by molar-refractivity contribution is 7.89. The maximum Gasteiger partial charge on any atom is 0.264 e. The number of carbonyl (C=O) groups excluding carboxylic acids is 1. The lowest BCUT2D eigenvalue weighted by Gasteiger charge is -2.18. The summed E-state index contributed by atoms with van der Waals surface area (Å²) in [6.45, 7) is 0. The first-order valence-electron chi connectivity index (χ1n) is 9.87. The Kier molecular flexibility index (Phi) is 6.09. The fourth-order valence-electron chi connectivity index (χ4n) is 3.37. The average Bonchev–Trinajstić information content (AvgIpc) is 3.26. The smallest absolute Gasteiger partial charge is 0.264 e. The third kappa shape index (κ3) is 4.29. The lowest BCUT2D eigenvalue weighted by atomic mass is 10.0. The minimum Gasteiger partial charge on any atom is -0.459 e. The van der Waals surface area contributed by atoms with Crippen LogP contribution in [0.5, 0.6) is 0 Å². The van der Waals surface area contributed by atoms with Gasteiger partial charge in [-0.1, -0.05) is 59.1 Å². The van der Waals surface area contributed by atoms with Crippen molar-refractivity contribution in [1.29, 1.82) is 0 Å². The van der Waals surface area contributed by atoms with Crippen molar-refractivity contribution < 1.29 is 22.5 Å². The molecule has 0 saturated heterocycles. The first-order chi connectivity index (χ1) is 15.4. The predicted octanol–water partition coefficient (Wildman–Crippen LogP) is 4.13. The number of rotatable bonds is 7. The second-order valence-electron chi connectivity index (χ2n) is 7.13. The van der Waals surface area contributed by atoms with E-state index < -0.39 is 22.0 Å². The summed E-state index contributed by atoms with van der Waals surface area (Å²) < 4.78 is 31.9. The molecule has 1 atom stereocenters. The molecule has 4 aromatic rings. The Bertz CT molecular complexity index is 1320. The van der Waals surface area contributed by atoms with Gasteiger partial charge in [-0.05, 0) is 35.9 Å². The number of nitrogens with zero attached hydrogens (tertiary/aromatic N) is 1. The summed E-state index contributed by atoms with van der Waals surface area (Å²) in [5.74, 6) is 0.144. The van der Waals surface area contributed by atoms with Crippen LogP contribution in [0.3, 0.4) is 0 Å². The summed E-state index contributed by atoms with van der Waals surface area (Å²) in [5.41, 5.74) is 1.75. The molecule has 0 aliphatic heterocycles. The predicted molar refractivity (Wildman–Crippen MR) is 120 cm³/mol. The number of hydrogen-bond donors (Lipinski definition) is 1. The number of fused-ring (bicyclic) bond motifs is 1. The van der Waals surface area contributed by atoms with Gasteiger partial charge in [-0.15, -0.1) is 0 Å². The molecule has 32 heavy (non-hydrogen) atoms. The van der Waals surface area contributed by atoms with Gasteiger partial charge in [-0.3, -0.25) is 9.63 Å². The quantitative estimate of drug-likeness (QED) is 0.428. The van der Waals surface area contributed by atoms with Crippen LogP contribution in [0, 0.1) is 0 Å². The van der Waals surface area contributed by atoms with Gasteiger partial charge in [0, 0.05) is 18.0 Å². The van der Waals surface area contributed by atoms with Gasteiger partial charge in [0.15, 0.2) is 0 Å². The van der Waals surface area contributed by atoms with Crippen LogP contribution < -0.4 is 5.32 Å². The Hall–Kier alpha value is -3.46. The lowest BCUT2D eigenvalue weighted by Crippen LogP contribution is -2.30. The molecule has 1 aromatic heterocycles. The molecule has 0 bridgehead atoms. The van der Waals surface area contributed by atoms with Gasteiger partial charge in [-0.2, -0.15) is 0 Å². The van der Waals surface area contributed by atoms with E-state index in [-0.39, 0.29) is 10.5 Å². The fraction of sp³-hybridized carbons (Fsp3) is 0.125. The molecule has 0 saturated carbocycles. The largest absolute Gasteiger partial charge is 0.459 e. The first kappa shape index (κ1) is 21.8. The van der Waals surface area contributed by atoms with Crippen LogP contribution in [-0.4, -0.2) is 33.0 Å². The van der Waals surface area contributed by atoms with Crippen molar-refractivity contribution in [3.8, 4) is 0 Å². The summed E-state index contributed by atoms with van der Waals surface area (Å²) >= 11 is 0. The topological polar surface area (TPSA) is 88.8 Å². The van der Waals surface area contributed by atoms with Crippen LogP contribution in [0.15, 0.2) is 94.2 Å². The first-order valence-corrected chi connectivity index (χ1v) is 11.3. The van der Waals surface area contributed by atoms with Gasteiger partial charge >= 0.3 is 0 Å². The third-order valence-electron chi connectivity index (χ3n) is 5.13. The molecule has 0 radical (unpaired) electrons. The van der Waals surface area contributed by atoms with Gasteiger partial charge in [0.2, 0.25) is 0 Å². The standard InChI is InChI=1S/C24H22N2O5S/c1-26(30-2)32(28,29)20-13-8-12-19(15-20)24(27)25-23(17-9-4-3-5-10-17)22-16-18-11-6-7-14-21(18)31-22/h3-16,23H,1-2H3,(H,25,27). The number of amides is 1. The molecule has 164 valence electrons. The van der Waals surface area contributed by atoms with E-state index >= 15 is 0 Å². The van der Waals surface area contributed by atoms with Gasteiger partial charge < -0.3 is 9.73 Å². The van der Waals surface area contributed by atoms with Gasteiger partial charge in [0.25, 0.3) is 15.9 Å². The second-order valence-corrected chi connectivity index (χ2v) is 9.06. The molecule has 0 aliphatic carbocycles. The Morgan fingerprint density at radius 1 is 0.969 bits per heavy atom. The van der Waals surface area contributed by atoms with Gasteiger partial charge in [0.05, 0.1) is 12.0 Å². The number of carbonyl (C=O) groups is 1. The molecule has 7 nitrogen and oxygen atoms in total. The highest BCUT2D eigenvalue weighted by Gasteiger charge is 2.24. The van der Waals surface area contributed by atoms with Crippen LogP contribution >= 0.6 is 0 Å². The fourth-order valence-corrected chi connectivity index (χ4v) is 4.39. The number of furan rings is 1. The van der Waals surface area contributed by atoms with Crippen molar-refractivity contribution in [2.75, 3.05) is 14.2 Å². The van der Waals surface area contributed by atoms with Gasteiger partial charge in [-0.25, -0.2) is 8.42 Å². The van der Waals surface area contributed by atoms with E-state index in [1.54, 1.807) is 6.07 Å². The molecule has 4 rings (SSSR count). The molecule has 3 aromatic carbocycles. The van der Waals surface area contributed by atoms with Crippen molar-refractivity contribution in [3.05, 3.63) is 102 Å². The molecular weight excluding hydrogens is 428 g/mol. The number of para-hydroxylation sites is 1. The zero-order valence-corrected chi connectivity index (χ0v) is 18.4. The molecule has 1 heterocycles. The Morgan fingerprint density at radius 3 is 2.41 bits per heavy atom. The summed E-state index contributed by atoms with van der Waals surface area (Å²) in [5, 5.41) is 3.90. The number of nitrogens with one attached hydrogen (secondary N) is 1. The molecular formula is C24H22N2O5S. The summed E-state index contributed by atoms with van der Waals surface area (Å²) in [6.07, 6.45) is 0. The summed E-state index contributed by atoms with van der Waals surface area (Å²) in [6, 6.07) is 24.2. The van der Waals surface area contributed by atoms with Crippen LogP contribution in [0.25, 0.3) is 11.0 Å². The normalized spacial score (nSPS) is 12.7. The van der Waals surface area contributed by atoms with E-state index in [4.69, 9.17) is 9.25 Å². The number of benzene rings is 3. The van der Waals surface area contributed by atoms with Crippen LogP contribution in [0.4, 0.5) is 0 Å².